The zero-order chi connectivity index (χ0) is 18.5. The number of methoxy groups -OCH3 is 2. The van der Waals surface area contributed by atoms with Gasteiger partial charge in [-0.1, -0.05) is 11.6 Å². The molecule has 0 spiro atoms. The zero-order valence-corrected chi connectivity index (χ0v) is 15.1. The number of hydrogen-bond acceptors (Lipinski definition) is 7. The predicted molar refractivity (Wildman–Crippen MR) is 100 cm³/mol. The molecule has 1 aliphatic rings. The number of anilines is 2. The molecule has 1 aliphatic heterocycles. The first-order valence-corrected chi connectivity index (χ1v) is 8.29. The Kier molecular flexibility index (Phi) is 5.79. The molecule has 3 rings (SSSR count). The van der Waals surface area contributed by atoms with Crippen molar-refractivity contribution in [2.45, 2.75) is 12.2 Å². The fourth-order valence-electron chi connectivity index (χ4n) is 2.56. The van der Waals surface area contributed by atoms with Crippen molar-refractivity contribution in [1.29, 1.82) is 0 Å². The lowest BCUT2D eigenvalue weighted by molar-refractivity contribution is -0.118. The molecule has 9 heteroatoms. The molecular formula is C17H20ClN5O3. The SMILES string of the molecule is COc1ccc(NC2NNNC2C(=O)Nc2cc(Cl)ccc2OC)cc1. The molecule has 2 aromatic carbocycles. The molecule has 5 N–H and O–H groups in total. The largest absolute Gasteiger partial charge is 0.497 e. The minimum Gasteiger partial charge on any atom is -0.497 e. The molecule has 8 nitrogen and oxygen atoms in total. The maximum Gasteiger partial charge on any atom is 0.246 e. The number of ether oxygens (including phenoxy) is 2. The van der Waals surface area contributed by atoms with E-state index in [2.05, 4.69) is 27.0 Å². The lowest BCUT2D eigenvalue weighted by Crippen LogP contribution is -2.47. The smallest absolute Gasteiger partial charge is 0.246 e. The van der Waals surface area contributed by atoms with Crippen LogP contribution in [0.5, 0.6) is 11.5 Å². The van der Waals surface area contributed by atoms with E-state index in [4.69, 9.17) is 21.1 Å². The summed E-state index contributed by atoms with van der Waals surface area (Å²) < 4.78 is 10.4. The van der Waals surface area contributed by atoms with Crippen LogP contribution in [-0.2, 0) is 4.79 Å². The van der Waals surface area contributed by atoms with Gasteiger partial charge in [-0.2, -0.15) is 5.53 Å². The molecule has 2 atom stereocenters. The summed E-state index contributed by atoms with van der Waals surface area (Å²) in [6.45, 7) is 0. The Morgan fingerprint density at radius 3 is 2.54 bits per heavy atom. The highest BCUT2D eigenvalue weighted by molar-refractivity contribution is 6.31. The van der Waals surface area contributed by atoms with Crippen molar-refractivity contribution in [2.24, 2.45) is 0 Å². The van der Waals surface area contributed by atoms with Crippen molar-refractivity contribution < 1.29 is 14.3 Å². The third-order valence-corrected chi connectivity index (χ3v) is 4.14. The van der Waals surface area contributed by atoms with Crippen LogP contribution in [0.2, 0.25) is 5.02 Å². The summed E-state index contributed by atoms with van der Waals surface area (Å²) in [6.07, 6.45) is -0.381. The van der Waals surface area contributed by atoms with E-state index in [0.717, 1.165) is 11.4 Å². The van der Waals surface area contributed by atoms with Gasteiger partial charge >= 0.3 is 0 Å². The maximum atomic E-state index is 12.7. The molecule has 0 radical (unpaired) electrons. The van der Waals surface area contributed by atoms with Crippen molar-refractivity contribution in [3.8, 4) is 11.5 Å². The summed E-state index contributed by atoms with van der Waals surface area (Å²) in [5, 5.41) is 6.57. The topological polar surface area (TPSA) is 95.7 Å². The number of amides is 1. The van der Waals surface area contributed by atoms with E-state index in [-0.39, 0.29) is 12.1 Å². The van der Waals surface area contributed by atoms with E-state index in [9.17, 15) is 4.79 Å². The molecule has 0 aliphatic carbocycles. The Hall–Kier alpha value is -2.52. The lowest BCUT2D eigenvalue weighted by Gasteiger charge is -2.20. The Bertz CT molecular complexity index is 771. The predicted octanol–water partition coefficient (Wildman–Crippen LogP) is 1.71. The highest BCUT2D eigenvalue weighted by Gasteiger charge is 2.33. The first-order chi connectivity index (χ1) is 12.6. The summed E-state index contributed by atoms with van der Waals surface area (Å²) in [5.41, 5.74) is 9.96. The zero-order valence-electron chi connectivity index (χ0n) is 14.3. The number of hydrogen-bond donors (Lipinski definition) is 5. The van der Waals surface area contributed by atoms with Crippen LogP contribution < -0.4 is 36.5 Å². The van der Waals surface area contributed by atoms with Crippen LogP contribution >= 0.6 is 11.6 Å². The summed E-state index contributed by atoms with van der Waals surface area (Å²) in [6, 6.07) is 11.9. The third-order valence-electron chi connectivity index (χ3n) is 3.90. The minimum absolute atomic E-state index is 0.255. The fraction of sp³-hybridized carbons (Fsp3) is 0.235. The molecule has 2 aromatic rings. The molecule has 1 fully saturated rings. The lowest BCUT2D eigenvalue weighted by atomic mass is 10.2. The third kappa shape index (κ3) is 4.17. The van der Waals surface area contributed by atoms with Crippen molar-refractivity contribution in [1.82, 2.24) is 16.4 Å². The molecule has 1 heterocycles. The monoisotopic (exact) mass is 377 g/mol. The van der Waals surface area contributed by atoms with Crippen LogP contribution in [-0.4, -0.2) is 32.3 Å². The second kappa shape index (κ2) is 8.24. The van der Waals surface area contributed by atoms with Gasteiger partial charge in [0.05, 0.1) is 19.9 Å². The van der Waals surface area contributed by atoms with Crippen LogP contribution in [0.15, 0.2) is 42.5 Å². The van der Waals surface area contributed by atoms with Gasteiger partial charge in [-0.15, -0.1) is 0 Å². The molecule has 138 valence electrons. The van der Waals surface area contributed by atoms with Crippen LogP contribution in [0, 0.1) is 0 Å². The average molecular weight is 378 g/mol. The number of rotatable bonds is 6. The normalized spacial score (nSPS) is 19.0. The Morgan fingerprint density at radius 2 is 1.85 bits per heavy atom. The Balaban J connectivity index is 1.69. The molecule has 0 saturated carbocycles. The van der Waals surface area contributed by atoms with E-state index in [1.807, 2.05) is 24.3 Å². The van der Waals surface area contributed by atoms with E-state index in [0.29, 0.717) is 16.5 Å². The highest BCUT2D eigenvalue weighted by atomic mass is 35.5. The molecule has 26 heavy (non-hydrogen) atoms. The molecule has 1 saturated heterocycles. The van der Waals surface area contributed by atoms with Crippen molar-refractivity contribution in [2.75, 3.05) is 24.9 Å². The maximum absolute atomic E-state index is 12.7. The number of nitrogens with one attached hydrogen (secondary N) is 5. The van der Waals surface area contributed by atoms with Gasteiger partial charge in [-0.05, 0) is 42.5 Å². The van der Waals surface area contributed by atoms with Gasteiger partial charge in [0.2, 0.25) is 5.91 Å². The summed E-state index contributed by atoms with van der Waals surface area (Å²) in [7, 11) is 3.14. The molecule has 2 unspecified atom stereocenters. The highest BCUT2D eigenvalue weighted by Crippen LogP contribution is 2.28. The van der Waals surface area contributed by atoms with E-state index in [1.165, 1.54) is 7.11 Å². The second-order valence-electron chi connectivity index (χ2n) is 5.58. The minimum atomic E-state index is -0.583. The summed E-state index contributed by atoms with van der Waals surface area (Å²) in [5.74, 6) is 1.03. The Morgan fingerprint density at radius 1 is 1.08 bits per heavy atom. The van der Waals surface area contributed by atoms with Crippen LogP contribution in [0.25, 0.3) is 0 Å². The molecule has 0 bridgehead atoms. The van der Waals surface area contributed by atoms with Gasteiger partial charge in [0.25, 0.3) is 0 Å². The second-order valence-corrected chi connectivity index (χ2v) is 6.01. The first kappa shape index (κ1) is 18.3. The first-order valence-electron chi connectivity index (χ1n) is 7.92. The van der Waals surface area contributed by atoms with Gasteiger partial charge in [0.15, 0.2) is 0 Å². The standard InChI is InChI=1S/C17H20ClN5O3/c1-25-12-6-4-11(5-7-12)19-16-15(21-23-22-16)17(24)20-13-9-10(18)3-8-14(13)26-2/h3-9,15-16,19,21-23H,1-2H3,(H,20,24). The number of halogens is 1. The number of benzene rings is 2. The number of carbonyl (C=O) groups excluding carboxylic acids is 1. The summed E-state index contributed by atoms with van der Waals surface area (Å²) >= 11 is 6.01. The molecule has 1 amide bonds. The van der Waals surface area contributed by atoms with Crippen LogP contribution in [0.1, 0.15) is 0 Å². The van der Waals surface area contributed by atoms with Crippen molar-refractivity contribution >= 4 is 28.9 Å². The number of carbonyl (C=O) groups is 1. The van der Waals surface area contributed by atoms with Gasteiger partial charge in [-0.3, -0.25) is 4.79 Å². The van der Waals surface area contributed by atoms with E-state index < -0.39 is 6.04 Å². The van der Waals surface area contributed by atoms with E-state index >= 15 is 0 Å². The number of hydrazine groups is 2. The quantitative estimate of drug-likeness (QED) is 0.523. The van der Waals surface area contributed by atoms with Crippen molar-refractivity contribution in [3.05, 3.63) is 47.5 Å². The summed E-state index contributed by atoms with van der Waals surface area (Å²) in [4.78, 5) is 12.7. The average Bonchev–Trinajstić information content (AvgIpc) is 3.11. The van der Waals surface area contributed by atoms with Gasteiger partial charge < -0.3 is 20.1 Å². The van der Waals surface area contributed by atoms with Crippen LogP contribution in [0.4, 0.5) is 11.4 Å². The van der Waals surface area contributed by atoms with E-state index in [1.54, 1.807) is 25.3 Å². The fourth-order valence-corrected chi connectivity index (χ4v) is 2.73. The van der Waals surface area contributed by atoms with Gasteiger partial charge in [-0.25, -0.2) is 10.9 Å². The molecular weight excluding hydrogens is 358 g/mol. The van der Waals surface area contributed by atoms with Gasteiger partial charge in [0.1, 0.15) is 23.7 Å². The van der Waals surface area contributed by atoms with Crippen LogP contribution in [0.3, 0.4) is 0 Å². The van der Waals surface area contributed by atoms with Gasteiger partial charge in [0, 0.05) is 10.7 Å². The molecule has 0 aromatic heterocycles. The Labute approximate surface area is 156 Å². The van der Waals surface area contributed by atoms with Crippen molar-refractivity contribution in [3.63, 3.8) is 0 Å².